The zero-order valence-corrected chi connectivity index (χ0v) is 10.4. The average Bonchev–Trinajstić information content (AvgIpc) is 2.95. The van der Waals surface area contributed by atoms with Crippen LogP contribution >= 0.6 is 0 Å². The van der Waals surface area contributed by atoms with E-state index in [0.717, 1.165) is 31.6 Å². The molecule has 2 heterocycles. The van der Waals surface area contributed by atoms with Gasteiger partial charge < -0.3 is 15.2 Å². The van der Waals surface area contributed by atoms with Crippen molar-refractivity contribution < 1.29 is 4.79 Å². The van der Waals surface area contributed by atoms with Gasteiger partial charge in [-0.1, -0.05) is 6.92 Å². The van der Waals surface area contributed by atoms with E-state index < -0.39 is 0 Å². The summed E-state index contributed by atoms with van der Waals surface area (Å²) in [6.07, 6.45) is 4.42. The Labute approximate surface area is 101 Å². The molecule has 1 saturated heterocycles. The summed E-state index contributed by atoms with van der Waals surface area (Å²) in [5.41, 5.74) is -0.376. The summed E-state index contributed by atoms with van der Waals surface area (Å²) >= 11 is 0. The summed E-state index contributed by atoms with van der Waals surface area (Å²) in [6.45, 7) is 3.39. The molecule has 1 atom stereocenters. The number of nitrogens with zero attached hydrogens (tertiary/aromatic N) is 3. The quantitative estimate of drug-likeness (QED) is 0.771. The van der Waals surface area contributed by atoms with Crippen LogP contribution in [0.3, 0.4) is 0 Å². The topological polar surface area (TPSA) is 71.8 Å². The monoisotopic (exact) mass is 237 g/mol. The van der Waals surface area contributed by atoms with Crippen LogP contribution in [0.15, 0.2) is 6.33 Å². The van der Waals surface area contributed by atoms with Gasteiger partial charge in [0.1, 0.15) is 6.33 Å². The predicted molar refractivity (Wildman–Crippen MR) is 63.1 cm³/mol. The van der Waals surface area contributed by atoms with Crippen molar-refractivity contribution in [3.05, 3.63) is 12.2 Å². The lowest BCUT2D eigenvalue weighted by atomic mass is 9.93. The van der Waals surface area contributed by atoms with Crippen molar-refractivity contribution in [1.29, 1.82) is 0 Å². The summed E-state index contributed by atoms with van der Waals surface area (Å²) in [5, 5.41) is 14.0. The lowest BCUT2D eigenvalue weighted by molar-refractivity contribution is -0.127. The Bertz CT molecular complexity index is 394. The summed E-state index contributed by atoms with van der Waals surface area (Å²) in [6, 6.07) is 0. The fourth-order valence-electron chi connectivity index (χ4n) is 2.26. The van der Waals surface area contributed by atoms with Gasteiger partial charge >= 0.3 is 0 Å². The molecule has 0 aromatic carbocycles. The molecule has 6 nitrogen and oxygen atoms in total. The van der Waals surface area contributed by atoms with Crippen LogP contribution < -0.4 is 10.6 Å². The van der Waals surface area contributed by atoms with E-state index in [1.54, 1.807) is 10.9 Å². The molecule has 17 heavy (non-hydrogen) atoms. The summed E-state index contributed by atoms with van der Waals surface area (Å²) in [7, 11) is 1.87. The Morgan fingerprint density at radius 3 is 3.06 bits per heavy atom. The lowest BCUT2D eigenvalue weighted by Gasteiger charge is -2.26. The van der Waals surface area contributed by atoms with Crippen LogP contribution in [0.4, 0.5) is 0 Å². The van der Waals surface area contributed by atoms with Crippen LogP contribution in [0, 0.1) is 0 Å². The van der Waals surface area contributed by atoms with Crippen LogP contribution in [-0.2, 0) is 18.4 Å². The van der Waals surface area contributed by atoms with Crippen LogP contribution in [0.2, 0.25) is 0 Å². The molecule has 0 spiro atoms. The van der Waals surface area contributed by atoms with Gasteiger partial charge in [0.25, 0.3) is 0 Å². The van der Waals surface area contributed by atoms with Crippen molar-refractivity contribution in [2.45, 2.75) is 38.3 Å². The molecule has 1 aromatic heterocycles. The Morgan fingerprint density at radius 1 is 1.71 bits per heavy atom. The highest BCUT2D eigenvalue weighted by molar-refractivity contribution is 5.86. The molecule has 1 unspecified atom stereocenters. The highest BCUT2D eigenvalue weighted by atomic mass is 16.2. The molecule has 0 saturated carbocycles. The predicted octanol–water partition coefficient (Wildman–Crippen LogP) is -0.0365. The number of aryl methyl sites for hydroxylation is 1. The van der Waals surface area contributed by atoms with Gasteiger partial charge in [-0.05, 0) is 25.8 Å². The molecule has 2 rings (SSSR count). The molecule has 6 heteroatoms. The standard InChI is InChI=1S/C11H19N5O/c1-3-11(5-4-6-13-11)10(17)12-7-9-15-14-8-16(9)2/h8,13H,3-7H2,1-2H3,(H,12,17). The molecule has 0 radical (unpaired) electrons. The third kappa shape index (κ3) is 2.31. The first-order valence-corrected chi connectivity index (χ1v) is 6.04. The number of carbonyl (C=O) groups is 1. The van der Waals surface area contributed by atoms with E-state index in [1.807, 2.05) is 14.0 Å². The number of aromatic nitrogens is 3. The molecule has 1 aliphatic rings. The van der Waals surface area contributed by atoms with Gasteiger partial charge in [0.2, 0.25) is 5.91 Å². The lowest BCUT2D eigenvalue weighted by Crippen LogP contribution is -2.52. The average molecular weight is 237 g/mol. The van der Waals surface area contributed by atoms with Crippen LogP contribution in [0.25, 0.3) is 0 Å². The van der Waals surface area contributed by atoms with Gasteiger partial charge in [-0.2, -0.15) is 0 Å². The molecule has 0 aliphatic carbocycles. The molecular formula is C11H19N5O. The number of rotatable bonds is 4. The third-order valence-electron chi connectivity index (χ3n) is 3.49. The maximum absolute atomic E-state index is 12.2. The highest BCUT2D eigenvalue weighted by Gasteiger charge is 2.38. The molecule has 2 N–H and O–H groups in total. The Balaban J connectivity index is 1.95. The van der Waals surface area contributed by atoms with Crippen molar-refractivity contribution in [2.75, 3.05) is 6.54 Å². The van der Waals surface area contributed by atoms with Crippen LogP contribution in [0.5, 0.6) is 0 Å². The SMILES string of the molecule is CCC1(C(=O)NCc2nncn2C)CCCN1. The fourth-order valence-corrected chi connectivity index (χ4v) is 2.26. The molecule has 1 aliphatic heterocycles. The van der Waals surface area contributed by atoms with E-state index in [1.165, 1.54) is 0 Å². The van der Waals surface area contributed by atoms with E-state index in [2.05, 4.69) is 20.8 Å². The van der Waals surface area contributed by atoms with Crippen molar-refractivity contribution in [3.63, 3.8) is 0 Å². The number of nitrogens with one attached hydrogen (secondary N) is 2. The van der Waals surface area contributed by atoms with Gasteiger partial charge in [-0.25, -0.2) is 0 Å². The number of hydrogen-bond acceptors (Lipinski definition) is 4. The van der Waals surface area contributed by atoms with E-state index in [4.69, 9.17) is 0 Å². The molecule has 1 aromatic rings. The Hall–Kier alpha value is -1.43. The summed E-state index contributed by atoms with van der Waals surface area (Å²) < 4.78 is 1.81. The minimum Gasteiger partial charge on any atom is -0.347 e. The molecule has 94 valence electrons. The normalized spacial score (nSPS) is 23.9. The molecular weight excluding hydrogens is 218 g/mol. The smallest absolute Gasteiger partial charge is 0.240 e. The minimum atomic E-state index is -0.376. The van der Waals surface area contributed by atoms with Crippen molar-refractivity contribution >= 4 is 5.91 Å². The first kappa shape index (κ1) is 12.0. The second kappa shape index (κ2) is 4.83. The van der Waals surface area contributed by atoms with Gasteiger partial charge in [0, 0.05) is 7.05 Å². The van der Waals surface area contributed by atoms with Gasteiger partial charge in [-0.15, -0.1) is 10.2 Å². The van der Waals surface area contributed by atoms with Crippen LogP contribution in [0.1, 0.15) is 32.0 Å². The van der Waals surface area contributed by atoms with Crippen molar-refractivity contribution in [2.24, 2.45) is 7.05 Å². The zero-order valence-electron chi connectivity index (χ0n) is 10.4. The largest absolute Gasteiger partial charge is 0.347 e. The second-order valence-corrected chi connectivity index (χ2v) is 4.51. The third-order valence-corrected chi connectivity index (χ3v) is 3.49. The summed E-state index contributed by atoms with van der Waals surface area (Å²) in [4.78, 5) is 12.2. The number of amides is 1. The van der Waals surface area contributed by atoms with Crippen LogP contribution in [-0.4, -0.2) is 32.8 Å². The molecule has 1 fully saturated rings. The first-order chi connectivity index (χ1) is 8.18. The molecule has 1 amide bonds. The molecule has 0 bridgehead atoms. The fraction of sp³-hybridized carbons (Fsp3) is 0.727. The van der Waals surface area contributed by atoms with E-state index in [9.17, 15) is 4.79 Å². The Kier molecular flexibility index (Phi) is 3.42. The Morgan fingerprint density at radius 2 is 2.53 bits per heavy atom. The van der Waals surface area contributed by atoms with Gasteiger partial charge in [0.05, 0.1) is 12.1 Å². The van der Waals surface area contributed by atoms with Gasteiger partial charge in [-0.3, -0.25) is 4.79 Å². The minimum absolute atomic E-state index is 0.0699. The number of hydrogen-bond donors (Lipinski definition) is 2. The first-order valence-electron chi connectivity index (χ1n) is 6.04. The van der Waals surface area contributed by atoms with Gasteiger partial charge in [0.15, 0.2) is 5.82 Å². The van der Waals surface area contributed by atoms with E-state index >= 15 is 0 Å². The van der Waals surface area contributed by atoms with Crippen molar-refractivity contribution in [3.8, 4) is 0 Å². The van der Waals surface area contributed by atoms with E-state index in [0.29, 0.717) is 6.54 Å². The van der Waals surface area contributed by atoms with E-state index in [-0.39, 0.29) is 11.4 Å². The highest BCUT2D eigenvalue weighted by Crippen LogP contribution is 2.23. The summed E-state index contributed by atoms with van der Waals surface area (Å²) in [5.74, 6) is 0.836. The second-order valence-electron chi connectivity index (χ2n) is 4.51. The number of carbonyl (C=O) groups excluding carboxylic acids is 1. The maximum atomic E-state index is 12.2. The maximum Gasteiger partial charge on any atom is 0.240 e. The van der Waals surface area contributed by atoms with Crippen molar-refractivity contribution in [1.82, 2.24) is 25.4 Å². The zero-order chi connectivity index (χ0) is 12.3.